The summed E-state index contributed by atoms with van der Waals surface area (Å²) in [6, 6.07) is 26.2. The minimum Gasteiger partial charge on any atom is -0.392 e. The van der Waals surface area contributed by atoms with E-state index in [9.17, 15) is 14.7 Å². The maximum Gasteiger partial charge on any atom is 0.243 e. The summed E-state index contributed by atoms with van der Waals surface area (Å²) in [7, 11) is 0. The highest BCUT2D eigenvalue weighted by Gasteiger charge is 2.33. The van der Waals surface area contributed by atoms with Crippen LogP contribution in [0.25, 0.3) is 0 Å². The molecule has 3 aromatic rings. The fourth-order valence-electron chi connectivity index (χ4n) is 6.22. The van der Waals surface area contributed by atoms with Gasteiger partial charge >= 0.3 is 0 Å². The van der Waals surface area contributed by atoms with Crippen LogP contribution in [0.15, 0.2) is 78.9 Å². The summed E-state index contributed by atoms with van der Waals surface area (Å²) in [5.74, 6) is -0.433. The Morgan fingerprint density at radius 2 is 1.36 bits per heavy atom. The van der Waals surface area contributed by atoms with Crippen molar-refractivity contribution in [1.82, 2.24) is 15.3 Å². The number of carbonyl (C=O) groups is 2. The summed E-state index contributed by atoms with van der Waals surface area (Å²) in [6.07, 6.45) is 3.80. The fraction of sp³-hybridized carbons (Fsp3) is 0.459. The monoisotopic (exact) mass is 644 g/mol. The third-order valence-electron chi connectivity index (χ3n) is 8.94. The number of piperazine rings is 1. The van der Waals surface area contributed by atoms with Gasteiger partial charge in [-0.25, -0.2) is 5.48 Å². The summed E-state index contributed by atoms with van der Waals surface area (Å²) >= 11 is 0. The van der Waals surface area contributed by atoms with E-state index < -0.39 is 6.29 Å². The molecule has 2 fully saturated rings. The number of hydrogen-bond donors (Lipinski definition) is 4. The van der Waals surface area contributed by atoms with E-state index in [4.69, 9.17) is 14.7 Å². The molecule has 2 aliphatic rings. The highest BCUT2D eigenvalue weighted by atomic mass is 16.7. The molecule has 0 saturated carbocycles. The zero-order valence-corrected chi connectivity index (χ0v) is 27.1. The molecule has 5 rings (SSSR count). The molecule has 0 spiro atoms. The van der Waals surface area contributed by atoms with Crippen molar-refractivity contribution in [2.24, 2.45) is 0 Å². The van der Waals surface area contributed by atoms with Crippen LogP contribution in [-0.2, 0) is 32.2 Å². The van der Waals surface area contributed by atoms with E-state index in [1.54, 1.807) is 5.48 Å². The average Bonchev–Trinajstić information content (AvgIpc) is 3.11. The molecule has 2 amide bonds. The molecular formula is C37H48N4O6. The lowest BCUT2D eigenvalue weighted by Crippen LogP contribution is -2.49. The van der Waals surface area contributed by atoms with E-state index in [2.05, 4.69) is 45.4 Å². The molecule has 10 nitrogen and oxygen atoms in total. The summed E-state index contributed by atoms with van der Waals surface area (Å²) in [6.45, 7) is 5.82. The van der Waals surface area contributed by atoms with Crippen LogP contribution in [0.5, 0.6) is 0 Å². The van der Waals surface area contributed by atoms with Crippen molar-refractivity contribution in [1.29, 1.82) is 0 Å². The molecule has 252 valence electrons. The number of aliphatic hydroxyl groups excluding tert-OH is 1. The Morgan fingerprint density at radius 1 is 0.723 bits per heavy atom. The number of nitrogens with one attached hydrogen (secondary N) is 2. The van der Waals surface area contributed by atoms with Gasteiger partial charge in [0.25, 0.3) is 0 Å². The predicted octanol–water partition coefficient (Wildman–Crippen LogP) is 5.33. The lowest BCUT2D eigenvalue weighted by atomic mass is 9.99. The number of hydroxylamine groups is 1. The third-order valence-corrected chi connectivity index (χ3v) is 8.94. The number of amides is 2. The average molecular weight is 645 g/mol. The predicted molar refractivity (Wildman–Crippen MR) is 179 cm³/mol. The molecule has 0 aliphatic carbocycles. The third kappa shape index (κ3) is 11.0. The van der Waals surface area contributed by atoms with Gasteiger partial charge in [0.15, 0.2) is 6.29 Å². The summed E-state index contributed by atoms with van der Waals surface area (Å²) < 4.78 is 13.1. The Bertz CT molecular complexity index is 1380. The van der Waals surface area contributed by atoms with Gasteiger partial charge in [-0.15, -0.1) is 0 Å². The van der Waals surface area contributed by atoms with E-state index in [0.29, 0.717) is 12.8 Å². The Kier molecular flexibility index (Phi) is 13.3. The second-order valence-corrected chi connectivity index (χ2v) is 12.5. The zero-order chi connectivity index (χ0) is 32.8. The highest BCUT2D eigenvalue weighted by Crippen LogP contribution is 2.38. The Labute approximate surface area is 277 Å². The maximum atomic E-state index is 12.5. The Morgan fingerprint density at radius 3 is 2.02 bits per heavy atom. The van der Waals surface area contributed by atoms with E-state index in [1.807, 2.05) is 48.5 Å². The Balaban J connectivity index is 1.15. The quantitative estimate of drug-likeness (QED) is 0.0996. The molecule has 0 aromatic heterocycles. The smallest absolute Gasteiger partial charge is 0.243 e. The molecule has 0 unspecified atom stereocenters. The number of rotatable bonds is 15. The van der Waals surface area contributed by atoms with Gasteiger partial charge in [-0.1, -0.05) is 79.6 Å². The Hall–Kier alpha value is -3.64. The van der Waals surface area contributed by atoms with Crippen molar-refractivity contribution >= 4 is 17.5 Å². The van der Waals surface area contributed by atoms with Crippen molar-refractivity contribution in [3.63, 3.8) is 0 Å². The van der Waals surface area contributed by atoms with E-state index in [0.717, 1.165) is 87.3 Å². The first kappa shape index (κ1) is 34.7. The molecule has 4 N–H and O–H groups in total. The molecule has 2 aliphatic heterocycles. The van der Waals surface area contributed by atoms with Gasteiger partial charge in [-0.2, -0.15) is 0 Å². The number of benzene rings is 3. The number of ether oxygens (including phenoxy) is 2. The molecule has 0 radical (unpaired) electrons. The first-order valence-electron chi connectivity index (χ1n) is 16.8. The van der Waals surface area contributed by atoms with Gasteiger partial charge in [0.2, 0.25) is 11.8 Å². The molecule has 2 heterocycles. The van der Waals surface area contributed by atoms with Gasteiger partial charge in [-0.05, 0) is 41.7 Å². The van der Waals surface area contributed by atoms with Gasteiger partial charge in [-0.3, -0.25) is 24.6 Å². The minimum atomic E-state index is -0.548. The summed E-state index contributed by atoms with van der Waals surface area (Å²) in [5, 5.41) is 21.0. The fourth-order valence-corrected chi connectivity index (χ4v) is 6.22. The largest absolute Gasteiger partial charge is 0.392 e. The minimum absolute atomic E-state index is 0.00477. The van der Waals surface area contributed by atoms with Crippen molar-refractivity contribution in [2.45, 2.75) is 76.6 Å². The van der Waals surface area contributed by atoms with Crippen molar-refractivity contribution in [3.8, 4) is 0 Å². The van der Waals surface area contributed by atoms with Gasteiger partial charge < -0.3 is 19.9 Å². The second-order valence-electron chi connectivity index (χ2n) is 12.5. The van der Waals surface area contributed by atoms with Gasteiger partial charge in [0.1, 0.15) is 0 Å². The highest BCUT2D eigenvalue weighted by molar-refractivity contribution is 5.90. The van der Waals surface area contributed by atoms with Gasteiger partial charge in [0, 0.05) is 69.8 Å². The van der Waals surface area contributed by atoms with Crippen LogP contribution >= 0.6 is 0 Å². The van der Waals surface area contributed by atoms with Crippen LogP contribution in [-0.4, -0.2) is 70.8 Å². The summed E-state index contributed by atoms with van der Waals surface area (Å²) in [5.41, 5.74) is 6.52. The van der Waals surface area contributed by atoms with Crippen LogP contribution in [0.3, 0.4) is 0 Å². The number of nitrogens with zero attached hydrogens (tertiary/aromatic N) is 2. The van der Waals surface area contributed by atoms with Crippen molar-refractivity contribution in [3.05, 3.63) is 101 Å². The number of hydrogen-bond acceptors (Lipinski definition) is 8. The molecule has 10 heteroatoms. The van der Waals surface area contributed by atoms with Crippen LogP contribution in [0.1, 0.15) is 79.6 Å². The van der Waals surface area contributed by atoms with Crippen molar-refractivity contribution in [2.75, 3.05) is 38.0 Å². The molecule has 0 bridgehead atoms. The maximum absolute atomic E-state index is 12.5. The second kappa shape index (κ2) is 18.1. The van der Waals surface area contributed by atoms with E-state index in [-0.39, 0.29) is 37.0 Å². The molecule has 3 atom stereocenters. The van der Waals surface area contributed by atoms with Crippen LogP contribution in [0.4, 0.5) is 5.69 Å². The standard InChI is InChI=1S/C37H48N4O6/c42-27-29-12-14-30(15-13-29)34-24-33(26-41-22-20-40(21-23-41)25-28-8-4-3-5-9-28)46-37(47-34)31-16-18-32(19-17-31)38-35(43)10-6-1-2-7-11-36(44)39-45/h3-5,8-9,12-19,33-34,37,42,45H,1-2,6-7,10-11,20-27H2,(H,38,43)(H,39,44)/t33-,34+,37+/m1/s1. The number of aliphatic hydroxyl groups is 1. The lowest BCUT2D eigenvalue weighted by Gasteiger charge is -2.40. The number of unbranched alkanes of at least 4 members (excludes halogenated alkanes) is 3. The molecule has 2 saturated heterocycles. The van der Waals surface area contributed by atoms with E-state index in [1.165, 1.54) is 5.56 Å². The zero-order valence-electron chi connectivity index (χ0n) is 27.1. The SMILES string of the molecule is O=C(CCCCCCC(=O)Nc1ccc([C@H]2O[C@@H](CN3CCN(Cc4ccccc4)CC3)C[C@@H](c3ccc(CO)cc3)O2)cc1)NO. The lowest BCUT2D eigenvalue weighted by molar-refractivity contribution is -0.253. The molecule has 47 heavy (non-hydrogen) atoms. The topological polar surface area (TPSA) is 124 Å². The van der Waals surface area contributed by atoms with Crippen LogP contribution < -0.4 is 10.8 Å². The van der Waals surface area contributed by atoms with Crippen LogP contribution in [0.2, 0.25) is 0 Å². The first-order chi connectivity index (χ1) is 23.0. The number of anilines is 1. The normalized spacial score (nSPS) is 20.5. The molecular weight excluding hydrogens is 596 g/mol. The number of carbonyl (C=O) groups excluding carboxylic acids is 2. The first-order valence-corrected chi connectivity index (χ1v) is 16.8. The summed E-state index contributed by atoms with van der Waals surface area (Å²) in [4.78, 5) is 28.6. The van der Waals surface area contributed by atoms with Gasteiger partial charge in [0.05, 0.1) is 18.8 Å². The van der Waals surface area contributed by atoms with Crippen LogP contribution in [0, 0.1) is 0 Å². The van der Waals surface area contributed by atoms with E-state index >= 15 is 0 Å². The van der Waals surface area contributed by atoms with Crippen molar-refractivity contribution < 1.29 is 29.4 Å². The molecule has 3 aromatic carbocycles.